The first-order valence-electron chi connectivity index (χ1n) is 5.26. The average molecular weight is 316 g/mol. The molecule has 0 bridgehead atoms. The lowest BCUT2D eigenvalue weighted by atomic mass is 10.1. The summed E-state index contributed by atoms with van der Waals surface area (Å²) in [5.74, 6) is -1.64. The number of ether oxygens (including phenoxy) is 1. The van der Waals surface area contributed by atoms with Crippen LogP contribution in [-0.2, 0) is 16.0 Å². The van der Waals surface area contributed by atoms with E-state index in [2.05, 4.69) is 15.9 Å². The number of methoxy groups -OCH3 is 1. The van der Waals surface area contributed by atoms with Crippen molar-refractivity contribution >= 4 is 27.8 Å². The van der Waals surface area contributed by atoms with E-state index < -0.39 is 11.9 Å². The van der Waals surface area contributed by atoms with E-state index in [4.69, 9.17) is 9.84 Å². The molecule has 1 rings (SSSR count). The highest BCUT2D eigenvalue weighted by atomic mass is 79.9. The van der Waals surface area contributed by atoms with Crippen molar-refractivity contribution in [2.45, 2.75) is 6.42 Å². The average Bonchev–Trinajstić information content (AvgIpc) is 2.35. The van der Waals surface area contributed by atoms with Gasteiger partial charge in [0.25, 0.3) is 0 Å². The normalized spacial score (nSPS) is 9.94. The van der Waals surface area contributed by atoms with Crippen LogP contribution in [0.5, 0.6) is 5.75 Å². The van der Waals surface area contributed by atoms with Gasteiger partial charge in [0.05, 0.1) is 7.11 Å². The van der Waals surface area contributed by atoms with Crippen LogP contribution in [-0.4, -0.2) is 42.6 Å². The summed E-state index contributed by atoms with van der Waals surface area (Å²) >= 11 is 3.35. The van der Waals surface area contributed by atoms with Crippen LogP contribution in [0.25, 0.3) is 0 Å². The number of likely N-dealkylation sites (N-methyl/N-ethyl adjacent to an activating group) is 1. The largest absolute Gasteiger partial charge is 0.496 e. The first-order chi connectivity index (χ1) is 8.45. The van der Waals surface area contributed by atoms with Crippen molar-refractivity contribution in [3.63, 3.8) is 0 Å². The molecular weight excluding hydrogens is 302 g/mol. The minimum absolute atomic E-state index is 0.317. The number of carbonyl (C=O) groups is 2. The topological polar surface area (TPSA) is 66.8 Å². The Balaban J connectivity index is 2.71. The Morgan fingerprint density at radius 3 is 2.67 bits per heavy atom. The number of amides is 1. The number of benzene rings is 1. The van der Waals surface area contributed by atoms with Crippen molar-refractivity contribution in [3.05, 3.63) is 28.2 Å². The Labute approximate surface area is 113 Å². The molecule has 0 aliphatic carbocycles. The lowest BCUT2D eigenvalue weighted by molar-refractivity contribution is -0.155. The van der Waals surface area contributed by atoms with Crippen LogP contribution in [0, 0.1) is 0 Å². The monoisotopic (exact) mass is 315 g/mol. The summed E-state index contributed by atoms with van der Waals surface area (Å²) in [4.78, 5) is 22.8. The standard InChI is InChI=1S/C12H14BrNO4/c1-14(11(15)12(16)17)6-5-8-7-9(13)3-4-10(8)18-2/h3-4,7H,5-6H2,1-2H3,(H,16,17). The number of hydrogen-bond acceptors (Lipinski definition) is 3. The number of nitrogens with zero attached hydrogens (tertiary/aromatic N) is 1. The Morgan fingerprint density at radius 1 is 1.44 bits per heavy atom. The number of rotatable bonds is 4. The minimum atomic E-state index is -1.45. The van der Waals surface area contributed by atoms with Crippen LogP contribution in [0.1, 0.15) is 5.56 Å². The van der Waals surface area contributed by atoms with Crippen molar-refractivity contribution < 1.29 is 19.4 Å². The van der Waals surface area contributed by atoms with E-state index in [0.717, 1.165) is 15.8 Å². The van der Waals surface area contributed by atoms with Gasteiger partial charge in [0.15, 0.2) is 0 Å². The molecule has 0 saturated heterocycles. The molecule has 0 spiro atoms. The molecule has 0 aliphatic heterocycles. The highest BCUT2D eigenvalue weighted by Crippen LogP contribution is 2.23. The molecule has 98 valence electrons. The summed E-state index contributed by atoms with van der Waals surface area (Å²) in [6.45, 7) is 0.317. The molecule has 0 aliphatic rings. The third-order valence-electron chi connectivity index (χ3n) is 2.49. The van der Waals surface area contributed by atoms with Crippen LogP contribution in [0.4, 0.5) is 0 Å². The van der Waals surface area contributed by atoms with Gasteiger partial charge in [-0.15, -0.1) is 0 Å². The lowest BCUT2D eigenvalue weighted by Crippen LogP contribution is -2.34. The molecule has 6 heteroatoms. The van der Waals surface area contributed by atoms with Crippen LogP contribution in [0.2, 0.25) is 0 Å². The Hall–Kier alpha value is -1.56. The smallest absolute Gasteiger partial charge is 0.394 e. The molecule has 1 N–H and O–H groups in total. The summed E-state index contributed by atoms with van der Waals surface area (Å²) in [5, 5.41) is 8.57. The molecule has 0 atom stereocenters. The van der Waals surface area contributed by atoms with Crippen molar-refractivity contribution in [1.82, 2.24) is 4.90 Å². The summed E-state index contributed by atoms with van der Waals surface area (Å²) < 4.78 is 6.11. The Bertz CT molecular complexity index is 461. The summed E-state index contributed by atoms with van der Waals surface area (Å²) in [6.07, 6.45) is 0.526. The fourth-order valence-corrected chi connectivity index (χ4v) is 1.90. The highest BCUT2D eigenvalue weighted by molar-refractivity contribution is 9.10. The van der Waals surface area contributed by atoms with Gasteiger partial charge in [-0.25, -0.2) is 4.79 Å². The first kappa shape index (κ1) is 14.5. The van der Waals surface area contributed by atoms with Gasteiger partial charge in [-0.1, -0.05) is 15.9 Å². The molecule has 0 aromatic heterocycles. The molecule has 0 fully saturated rings. The molecule has 0 unspecified atom stereocenters. The van der Waals surface area contributed by atoms with Gasteiger partial charge in [0, 0.05) is 18.1 Å². The maximum atomic E-state index is 11.2. The summed E-state index contributed by atoms with van der Waals surface area (Å²) in [7, 11) is 3.03. The highest BCUT2D eigenvalue weighted by Gasteiger charge is 2.17. The maximum absolute atomic E-state index is 11.2. The molecule has 1 aromatic rings. The zero-order valence-corrected chi connectivity index (χ0v) is 11.7. The van der Waals surface area contributed by atoms with Gasteiger partial charge in [-0.2, -0.15) is 0 Å². The van der Waals surface area contributed by atoms with Gasteiger partial charge >= 0.3 is 11.9 Å². The van der Waals surface area contributed by atoms with Gasteiger partial charge < -0.3 is 14.7 Å². The van der Waals surface area contributed by atoms with Crippen molar-refractivity contribution in [2.75, 3.05) is 20.7 Å². The van der Waals surface area contributed by atoms with E-state index >= 15 is 0 Å². The van der Waals surface area contributed by atoms with Gasteiger partial charge in [-0.3, -0.25) is 4.79 Å². The predicted molar refractivity (Wildman–Crippen MR) is 69.7 cm³/mol. The van der Waals surface area contributed by atoms with E-state index in [0.29, 0.717) is 13.0 Å². The zero-order chi connectivity index (χ0) is 13.7. The second kappa shape index (κ2) is 6.39. The second-order valence-corrected chi connectivity index (χ2v) is 4.65. The van der Waals surface area contributed by atoms with Crippen LogP contribution in [0.15, 0.2) is 22.7 Å². The molecule has 5 nitrogen and oxygen atoms in total. The number of carbonyl (C=O) groups excluding carboxylic acids is 1. The Morgan fingerprint density at radius 2 is 2.11 bits per heavy atom. The number of carboxylic acids is 1. The quantitative estimate of drug-likeness (QED) is 0.856. The molecule has 18 heavy (non-hydrogen) atoms. The fourth-order valence-electron chi connectivity index (χ4n) is 1.50. The van der Waals surface area contributed by atoms with Crippen LogP contribution >= 0.6 is 15.9 Å². The SMILES string of the molecule is COc1ccc(Br)cc1CCN(C)C(=O)C(=O)O. The van der Waals surface area contributed by atoms with E-state index in [-0.39, 0.29) is 0 Å². The molecule has 0 heterocycles. The third-order valence-corrected chi connectivity index (χ3v) is 2.98. The van der Waals surface area contributed by atoms with Crippen molar-refractivity contribution in [1.29, 1.82) is 0 Å². The summed E-state index contributed by atoms with van der Waals surface area (Å²) in [5.41, 5.74) is 0.914. The molecule has 0 radical (unpaired) electrons. The molecular formula is C12H14BrNO4. The fraction of sp³-hybridized carbons (Fsp3) is 0.333. The van der Waals surface area contributed by atoms with Crippen molar-refractivity contribution in [3.8, 4) is 5.75 Å². The van der Waals surface area contributed by atoms with Gasteiger partial charge in [0.2, 0.25) is 0 Å². The summed E-state index contributed by atoms with van der Waals surface area (Å²) in [6, 6.07) is 5.56. The van der Waals surface area contributed by atoms with E-state index in [1.165, 1.54) is 11.9 Å². The maximum Gasteiger partial charge on any atom is 0.394 e. The zero-order valence-electron chi connectivity index (χ0n) is 10.1. The second-order valence-electron chi connectivity index (χ2n) is 3.74. The van der Waals surface area contributed by atoms with Crippen LogP contribution in [0.3, 0.4) is 0 Å². The van der Waals surface area contributed by atoms with E-state index in [9.17, 15) is 9.59 Å². The van der Waals surface area contributed by atoms with Gasteiger partial charge in [0.1, 0.15) is 5.75 Å². The minimum Gasteiger partial charge on any atom is -0.496 e. The van der Waals surface area contributed by atoms with E-state index in [1.807, 2.05) is 18.2 Å². The number of hydrogen-bond donors (Lipinski definition) is 1. The Kier molecular flexibility index (Phi) is 5.15. The van der Waals surface area contributed by atoms with Crippen LogP contribution < -0.4 is 4.74 Å². The number of halogens is 1. The number of carboxylic acid groups (broad SMARTS) is 1. The van der Waals surface area contributed by atoms with Crippen molar-refractivity contribution in [2.24, 2.45) is 0 Å². The predicted octanol–water partition coefficient (Wildman–Crippen LogP) is 1.54. The van der Waals surface area contributed by atoms with Gasteiger partial charge in [-0.05, 0) is 30.2 Å². The number of aliphatic carboxylic acids is 1. The molecule has 1 aromatic carbocycles. The first-order valence-corrected chi connectivity index (χ1v) is 6.05. The molecule has 1 amide bonds. The van der Waals surface area contributed by atoms with E-state index in [1.54, 1.807) is 7.11 Å². The lowest BCUT2D eigenvalue weighted by Gasteiger charge is -2.15. The molecule has 0 saturated carbocycles. The third kappa shape index (κ3) is 3.73.